The molecule has 33 heavy (non-hydrogen) atoms. The number of methoxy groups -OCH3 is 2. The Morgan fingerprint density at radius 2 is 1.58 bits per heavy atom. The summed E-state index contributed by atoms with van der Waals surface area (Å²) >= 11 is 0. The van der Waals surface area contributed by atoms with Crippen molar-refractivity contribution in [3.8, 4) is 23.1 Å². The molecule has 0 atom stereocenters. The van der Waals surface area contributed by atoms with E-state index in [1.807, 2.05) is 79.9 Å². The van der Waals surface area contributed by atoms with Crippen LogP contribution >= 0.6 is 0 Å². The van der Waals surface area contributed by atoms with Gasteiger partial charge >= 0.3 is 0 Å². The van der Waals surface area contributed by atoms with Gasteiger partial charge in [0.1, 0.15) is 22.9 Å². The fourth-order valence-corrected chi connectivity index (χ4v) is 4.01. The predicted octanol–water partition coefficient (Wildman–Crippen LogP) is 4.30. The van der Waals surface area contributed by atoms with Crippen LogP contribution in [0.25, 0.3) is 11.4 Å². The molecule has 2 aromatic heterocycles. The van der Waals surface area contributed by atoms with Crippen LogP contribution in [0.3, 0.4) is 0 Å². The summed E-state index contributed by atoms with van der Waals surface area (Å²) in [5.41, 5.74) is 5.92. The van der Waals surface area contributed by atoms with Crippen LogP contribution < -0.4 is 14.0 Å². The van der Waals surface area contributed by atoms with Gasteiger partial charge in [-0.05, 0) is 61.5 Å². The van der Waals surface area contributed by atoms with Crippen LogP contribution in [-0.2, 0) is 0 Å². The monoisotopic (exact) mass is 439 g/mol. The molecule has 0 unspecified atom stereocenters. The SMILES string of the molecule is COc1ccc(C2=C(C)/C(=N\c3cnn(-c4ccc(OC)cc4)c3O)c3cccc[n+]32)cc1. The second kappa shape index (κ2) is 8.27. The van der Waals surface area contributed by atoms with E-state index in [9.17, 15) is 5.11 Å². The maximum absolute atomic E-state index is 10.9. The Balaban J connectivity index is 1.59. The molecule has 0 amide bonds. The molecule has 164 valence electrons. The van der Waals surface area contributed by atoms with E-state index in [0.717, 1.165) is 39.7 Å². The molecule has 0 fully saturated rings. The number of ether oxygens (including phenoxy) is 2. The summed E-state index contributed by atoms with van der Waals surface area (Å²) in [7, 11) is 3.27. The molecule has 5 rings (SSSR count). The van der Waals surface area contributed by atoms with Crippen LogP contribution in [0, 0.1) is 0 Å². The fourth-order valence-electron chi connectivity index (χ4n) is 4.01. The van der Waals surface area contributed by atoms with Crippen molar-refractivity contribution < 1.29 is 19.1 Å². The highest BCUT2D eigenvalue weighted by atomic mass is 16.5. The minimum absolute atomic E-state index is 0.0270. The first-order valence-electron chi connectivity index (χ1n) is 10.5. The first kappa shape index (κ1) is 20.5. The molecule has 0 radical (unpaired) electrons. The average molecular weight is 439 g/mol. The smallest absolute Gasteiger partial charge is 0.240 e. The third-order valence-corrected chi connectivity index (χ3v) is 5.69. The summed E-state index contributed by atoms with van der Waals surface area (Å²) in [6.07, 6.45) is 3.58. The molecule has 0 bridgehead atoms. The minimum Gasteiger partial charge on any atom is -0.497 e. The highest BCUT2D eigenvalue weighted by molar-refractivity contribution is 6.17. The highest BCUT2D eigenvalue weighted by Crippen LogP contribution is 2.33. The fraction of sp³-hybridized carbons (Fsp3) is 0.115. The lowest BCUT2D eigenvalue weighted by molar-refractivity contribution is -0.577. The van der Waals surface area contributed by atoms with Crippen LogP contribution in [-0.4, -0.2) is 34.8 Å². The number of benzene rings is 2. The number of pyridine rings is 1. The van der Waals surface area contributed by atoms with Crippen LogP contribution in [0.4, 0.5) is 5.69 Å². The number of fused-ring (bicyclic) bond motifs is 1. The molecule has 0 saturated carbocycles. The van der Waals surface area contributed by atoms with Crippen LogP contribution in [0.5, 0.6) is 17.4 Å². The van der Waals surface area contributed by atoms with Gasteiger partial charge in [-0.2, -0.15) is 14.3 Å². The van der Waals surface area contributed by atoms with Gasteiger partial charge in [0.2, 0.25) is 17.3 Å². The molecule has 7 heteroatoms. The van der Waals surface area contributed by atoms with E-state index < -0.39 is 0 Å². The summed E-state index contributed by atoms with van der Waals surface area (Å²) in [6.45, 7) is 2.04. The lowest BCUT2D eigenvalue weighted by Crippen LogP contribution is -2.34. The van der Waals surface area contributed by atoms with Gasteiger partial charge in [0.25, 0.3) is 0 Å². The number of aromatic nitrogens is 3. The number of hydrogen-bond acceptors (Lipinski definition) is 5. The Morgan fingerprint density at radius 3 is 2.24 bits per heavy atom. The van der Waals surface area contributed by atoms with Crippen molar-refractivity contribution in [2.24, 2.45) is 4.99 Å². The Kier molecular flexibility index (Phi) is 5.14. The summed E-state index contributed by atoms with van der Waals surface area (Å²) < 4.78 is 14.1. The maximum Gasteiger partial charge on any atom is 0.240 e. The second-order valence-electron chi connectivity index (χ2n) is 7.58. The highest BCUT2D eigenvalue weighted by Gasteiger charge is 2.35. The van der Waals surface area contributed by atoms with Crippen LogP contribution in [0.2, 0.25) is 0 Å². The van der Waals surface area contributed by atoms with Gasteiger partial charge in [0, 0.05) is 17.7 Å². The van der Waals surface area contributed by atoms with Gasteiger partial charge in [0.05, 0.1) is 31.7 Å². The van der Waals surface area contributed by atoms with E-state index in [1.165, 1.54) is 4.68 Å². The van der Waals surface area contributed by atoms with Gasteiger partial charge in [-0.1, -0.05) is 0 Å². The van der Waals surface area contributed by atoms with Gasteiger partial charge in [-0.3, -0.25) is 0 Å². The number of aromatic hydroxyl groups is 1. The summed E-state index contributed by atoms with van der Waals surface area (Å²) in [5.74, 6) is 1.51. The van der Waals surface area contributed by atoms with Crippen molar-refractivity contribution in [2.75, 3.05) is 14.2 Å². The Hall–Kier alpha value is -4.39. The Morgan fingerprint density at radius 1 is 0.909 bits per heavy atom. The zero-order valence-electron chi connectivity index (χ0n) is 18.6. The maximum atomic E-state index is 10.9. The Labute approximate surface area is 191 Å². The van der Waals surface area contributed by atoms with Crippen molar-refractivity contribution in [1.29, 1.82) is 0 Å². The summed E-state index contributed by atoms with van der Waals surface area (Å²) in [4.78, 5) is 4.82. The third kappa shape index (κ3) is 3.53. The van der Waals surface area contributed by atoms with Gasteiger partial charge in [-0.15, -0.1) is 0 Å². The van der Waals surface area contributed by atoms with E-state index in [1.54, 1.807) is 20.4 Å². The second-order valence-corrected chi connectivity index (χ2v) is 7.58. The molecular weight excluding hydrogens is 416 g/mol. The molecular formula is C26H23N4O3+. The first-order valence-corrected chi connectivity index (χ1v) is 10.5. The lowest BCUT2D eigenvalue weighted by Gasteiger charge is -2.04. The molecule has 0 saturated heterocycles. The summed E-state index contributed by atoms with van der Waals surface area (Å²) in [5, 5.41) is 15.2. The molecule has 3 heterocycles. The van der Waals surface area contributed by atoms with Gasteiger partial charge in [0.15, 0.2) is 6.20 Å². The van der Waals surface area contributed by atoms with Crippen molar-refractivity contribution in [1.82, 2.24) is 9.78 Å². The molecule has 1 aliphatic heterocycles. The van der Waals surface area contributed by atoms with E-state index >= 15 is 0 Å². The summed E-state index contributed by atoms with van der Waals surface area (Å²) in [6, 6.07) is 21.2. The van der Waals surface area contributed by atoms with Crippen LogP contribution in [0.15, 0.2) is 89.7 Å². The molecule has 7 nitrogen and oxygen atoms in total. The molecule has 1 aliphatic rings. The van der Waals surface area contributed by atoms with E-state index in [4.69, 9.17) is 14.5 Å². The van der Waals surface area contributed by atoms with Gasteiger partial charge < -0.3 is 14.6 Å². The third-order valence-electron chi connectivity index (χ3n) is 5.69. The van der Waals surface area contributed by atoms with Crippen molar-refractivity contribution in [2.45, 2.75) is 6.92 Å². The number of allylic oxidation sites excluding steroid dienone is 1. The molecule has 4 aromatic rings. The van der Waals surface area contributed by atoms with Crippen LogP contribution in [0.1, 0.15) is 18.2 Å². The normalized spacial score (nSPS) is 14.0. The number of aliphatic imine (C=N–C) groups is 1. The average Bonchev–Trinajstić information content (AvgIpc) is 3.36. The number of rotatable bonds is 5. The van der Waals surface area contributed by atoms with E-state index in [0.29, 0.717) is 11.4 Å². The Bertz CT molecular complexity index is 1380. The largest absolute Gasteiger partial charge is 0.497 e. The molecule has 2 aromatic carbocycles. The first-order chi connectivity index (χ1) is 16.1. The predicted molar refractivity (Wildman–Crippen MR) is 126 cm³/mol. The van der Waals surface area contributed by atoms with E-state index in [2.05, 4.69) is 9.67 Å². The quantitative estimate of drug-likeness (QED) is 0.471. The molecule has 1 N–H and O–H groups in total. The number of nitrogens with zero attached hydrogens (tertiary/aromatic N) is 4. The number of hydrogen-bond donors (Lipinski definition) is 1. The zero-order valence-corrected chi connectivity index (χ0v) is 18.6. The zero-order chi connectivity index (χ0) is 22.9. The van der Waals surface area contributed by atoms with Gasteiger partial charge in [-0.25, -0.2) is 4.99 Å². The topological polar surface area (TPSA) is 72.8 Å². The van der Waals surface area contributed by atoms with Crippen molar-refractivity contribution in [3.05, 3.63) is 96.0 Å². The molecule has 0 spiro atoms. The minimum atomic E-state index is -0.0270. The van der Waals surface area contributed by atoms with E-state index in [-0.39, 0.29) is 5.88 Å². The standard InChI is InChI=1S/C26H22N4O3/c1-17-24(28-22-16-27-30(26(22)31)19-9-13-21(33-3)14-10-19)23-6-4-5-15-29(23)25(17)18-7-11-20(32-2)12-8-18/h4-16H,1-3H3/p+1. The lowest BCUT2D eigenvalue weighted by atomic mass is 10.1. The van der Waals surface area contributed by atoms with Crippen molar-refractivity contribution >= 4 is 17.1 Å². The molecule has 0 aliphatic carbocycles. The van der Waals surface area contributed by atoms with Crippen molar-refractivity contribution in [3.63, 3.8) is 0 Å².